The fraction of sp³-hybridized carbons (Fsp3) is 0.625. The molecule has 3 aliphatic heterocycles. The second-order valence-corrected chi connectivity index (χ2v) is 8.85. The van der Waals surface area contributed by atoms with E-state index in [-0.39, 0.29) is 0 Å². The molecule has 1 saturated heterocycles. The van der Waals surface area contributed by atoms with E-state index in [4.69, 9.17) is 0 Å². The minimum absolute atomic E-state index is 0.732. The van der Waals surface area contributed by atoms with Gasteiger partial charge < -0.3 is 5.32 Å². The maximum absolute atomic E-state index is 3.69. The number of nitrogens with one attached hydrogen (secondary N) is 1. The van der Waals surface area contributed by atoms with E-state index in [2.05, 4.69) is 35.1 Å². The third-order valence-corrected chi connectivity index (χ3v) is 8.01. The molecule has 20 heavy (non-hydrogen) atoms. The lowest BCUT2D eigenvalue weighted by atomic mass is 9.95. The summed E-state index contributed by atoms with van der Waals surface area (Å²) in [4.78, 5) is 4.93. The molecule has 1 atom stereocenters. The fourth-order valence-corrected chi connectivity index (χ4v) is 7.46. The van der Waals surface area contributed by atoms with Crippen LogP contribution in [0.25, 0.3) is 0 Å². The van der Waals surface area contributed by atoms with Crippen molar-refractivity contribution < 1.29 is 0 Å². The van der Waals surface area contributed by atoms with Gasteiger partial charge >= 0.3 is 0 Å². The Morgan fingerprint density at radius 2 is 1.95 bits per heavy atom. The average molecular weight is 324 g/mol. The molecule has 3 aliphatic rings. The smallest absolute Gasteiger partial charge is 0.0252 e. The largest absolute Gasteiger partial charge is 0.314 e. The summed E-state index contributed by atoms with van der Waals surface area (Å²) in [6.07, 6.45) is 8.84. The molecule has 0 radical (unpaired) electrons. The molecule has 0 aromatic heterocycles. The van der Waals surface area contributed by atoms with E-state index in [1.807, 2.05) is 11.8 Å². The molecule has 1 aromatic rings. The van der Waals surface area contributed by atoms with Crippen molar-refractivity contribution in [2.24, 2.45) is 0 Å². The van der Waals surface area contributed by atoms with Crippen LogP contribution in [0, 0.1) is 0 Å². The van der Waals surface area contributed by atoms with E-state index in [1.54, 1.807) is 31.4 Å². The molecule has 4 rings (SSSR count). The lowest BCUT2D eigenvalue weighted by Crippen LogP contribution is -2.24. The number of rotatable bonds is 3. The number of hydrogen-bond acceptors (Lipinski definition) is 4. The first-order valence-electron chi connectivity index (χ1n) is 7.62. The predicted octanol–water partition coefficient (Wildman–Crippen LogP) is 4.00. The lowest BCUT2D eigenvalue weighted by molar-refractivity contribution is 0.593. The molecule has 4 heteroatoms. The summed E-state index contributed by atoms with van der Waals surface area (Å²) >= 11 is 6.21. The lowest BCUT2D eigenvalue weighted by Gasteiger charge is -2.20. The zero-order valence-electron chi connectivity index (χ0n) is 12.0. The Bertz CT molecular complexity index is 500. The molecule has 1 fully saturated rings. The molecule has 0 spiro atoms. The molecule has 1 aromatic carbocycles. The van der Waals surface area contributed by atoms with E-state index in [1.165, 1.54) is 50.2 Å². The summed E-state index contributed by atoms with van der Waals surface area (Å²) in [5.41, 5.74) is 5.12. The Kier molecular flexibility index (Phi) is 4.01. The Hall–Kier alpha value is 0.230. The SMILES string of the molecule is CSc1c2c(c(CC3CCCN3)c3c1SCC3)SCC2. The van der Waals surface area contributed by atoms with Gasteiger partial charge in [-0.3, -0.25) is 0 Å². The molecule has 0 saturated carbocycles. The van der Waals surface area contributed by atoms with Gasteiger partial charge in [-0.15, -0.1) is 35.3 Å². The zero-order valence-corrected chi connectivity index (χ0v) is 14.4. The second-order valence-electron chi connectivity index (χ2n) is 5.82. The minimum atomic E-state index is 0.732. The van der Waals surface area contributed by atoms with Crippen LogP contribution in [0.1, 0.15) is 29.5 Å². The second kappa shape index (κ2) is 5.79. The van der Waals surface area contributed by atoms with Gasteiger partial charge in [0.2, 0.25) is 0 Å². The molecule has 3 heterocycles. The number of fused-ring (bicyclic) bond motifs is 2. The Morgan fingerprint density at radius 3 is 2.70 bits per heavy atom. The van der Waals surface area contributed by atoms with E-state index in [0.29, 0.717) is 0 Å². The van der Waals surface area contributed by atoms with Crippen molar-refractivity contribution in [2.45, 2.75) is 52.8 Å². The van der Waals surface area contributed by atoms with Crippen LogP contribution in [0.5, 0.6) is 0 Å². The van der Waals surface area contributed by atoms with Crippen molar-refractivity contribution in [3.05, 3.63) is 16.7 Å². The highest BCUT2D eigenvalue weighted by Crippen LogP contribution is 2.50. The standard InChI is InChI=1S/C16H21NS3/c1-18-15-12-5-8-19-14(12)13(9-10-3-2-6-17-10)11-4-7-20-16(11)15/h10,17H,2-9H2,1H3. The summed E-state index contributed by atoms with van der Waals surface area (Å²) < 4.78 is 0. The van der Waals surface area contributed by atoms with Gasteiger partial charge in [0.25, 0.3) is 0 Å². The fourth-order valence-electron chi connectivity index (χ4n) is 3.77. The summed E-state index contributed by atoms with van der Waals surface area (Å²) in [5.74, 6) is 2.59. The summed E-state index contributed by atoms with van der Waals surface area (Å²) in [6.45, 7) is 1.22. The third kappa shape index (κ3) is 2.23. The number of benzene rings is 1. The molecular formula is C16H21NS3. The van der Waals surface area contributed by atoms with Crippen molar-refractivity contribution in [3.8, 4) is 0 Å². The van der Waals surface area contributed by atoms with Crippen molar-refractivity contribution in [2.75, 3.05) is 24.3 Å². The van der Waals surface area contributed by atoms with Crippen LogP contribution in [0.4, 0.5) is 0 Å². The van der Waals surface area contributed by atoms with E-state index in [9.17, 15) is 0 Å². The minimum Gasteiger partial charge on any atom is -0.314 e. The molecule has 0 aliphatic carbocycles. The molecule has 0 amide bonds. The highest BCUT2D eigenvalue weighted by Gasteiger charge is 2.30. The zero-order chi connectivity index (χ0) is 13.5. The highest BCUT2D eigenvalue weighted by atomic mass is 32.2. The molecular weight excluding hydrogens is 302 g/mol. The maximum Gasteiger partial charge on any atom is 0.0252 e. The summed E-state index contributed by atoms with van der Waals surface area (Å²) in [7, 11) is 0. The normalized spacial score (nSPS) is 24.1. The van der Waals surface area contributed by atoms with Crippen LogP contribution >= 0.6 is 35.3 Å². The third-order valence-electron chi connectivity index (χ3n) is 4.68. The van der Waals surface area contributed by atoms with Crippen molar-refractivity contribution in [1.82, 2.24) is 5.32 Å². The summed E-state index contributed by atoms with van der Waals surface area (Å²) in [6, 6.07) is 0.732. The van der Waals surface area contributed by atoms with Crippen molar-refractivity contribution in [1.29, 1.82) is 0 Å². The van der Waals surface area contributed by atoms with E-state index in [0.717, 1.165) is 6.04 Å². The molecule has 1 N–H and O–H groups in total. The summed E-state index contributed by atoms with van der Waals surface area (Å²) in [5, 5.41) is 3.69. The van der Waals surface area contributed by atoms with Gasteiger partial charge in [-0.1, -0.05) is 0 Å². The molecule has 108 valence electrons. The number of hydrogen-bond donors (Lipinski definition) is 1. The maximum atomic E-state index is 3.69. The first-order valence-corrected chi connectivity index (χ1v) is 10.8. The van der Waals surface area contributed by atoms with Crippen LogP contribution in [0.3, 0.4) is 0 Å². The topological polar surface area (TPSA) is 12.0 Å². The van der Waals surface area contributed by atoms with Crippen LogP contribution in [-0.4, -0.2) is 30.3 Å². The van der Waals surface area contributed by atoms with Gasteiger partial charge in [-0.2, -0.15) is 0 Å². The van der Waals surface area contributed by atoms with Gasteiger partial charge in [0.1, 0.15) is 0 Å². The first kappa shape index (κ1) is 13.9. The Labute approximate surface area is 134 Å². The molecule has 1 nitrogen and oxygen atoms in total. The number of thioether (sulfide) groups is 3. The Morgan fingerprint density at radius 1 is 1.15 bits per heavy atom. The van der Waals surface area contributed by atoms with Crippen LogP contribution in [0.15, 0.2) is 14.7 Å². The molecule has 1 unspecified atom stereocenters. The molecule has 0 bridgehead atoms. The Balaban J connectivity index is 1.81. The monoisotopic (exact) mass is 323 g/mol. The van der Waals surface area contributed by atoms with Gasteiger partial charge in [-0.05, 0) is 61.6 Å². The van der Waals surface area contributed by atoms with Crippen LogP contribution in [0.2, 0.25) is 0 Å². The van der Waals surface area contributed by atoms with Gasteiger partial charge in [-0.25, -0.2) is 0 Å². The highest BCUT2D eigenvalue weighted by molar-refractivity contribution is 8.02. The van der Waals surface area contributed by atoms with Gasteiger partial charge in [0, 0.05) is 32.2 Å². The van der Waals surface area contributed by atoms with Crippen LogP contribution < -0.4 is 5.32 Å². The quantitative estimate of drug-likeness (QED) is 0.843. The van der Waals surface area contributed by atoms with E-state index < -0.39 is 0 Å². The van der Waals surface area contributed by atoms with Crippen LogP contribution in [-0.2, 0) is 19.3 Å². The van der Waals surface area contributed by atoms with Gasteiger partial charge in [0.05, 0.1) is 0 Å². The van der Waals surface area contributed by atoms with Gasteiger partial charge in [0.15, 0.2) is 0 Å². The predicted molar refractivity (Wildman–Crippen MR) is 91.8 cm³/mol. The van der Waals surface area contributed by atoms with Crippen molar-refractivity contribution in [3.63, 3.8) is 0 Å². The van der Waals surface area contributed by atoms with E-state index >= 15 is 0 Å². The van der Waals surface area contributed by atoms with Crippen molar-refractivity contribution >= 4 is 35.3 Å². The first-order chi connectivity index (χ1) is 9.88. The average Bonchev–Trinajstić information content (AvgIpc) is 3.19.